The van der Waals surface area contributed by atoms with Crippen molar-refractivity contribution < 1.29 is 19.7 Å². The summed E-state index contributed by atoms with van der Waals surface area (Å²) in [4.78, 5) is 12.3. The molecule has 2 fully saturated rings. The van der Waals surface area contributed by atoms with E-state index >= 15 is 0 Å². The number of fused-ring (bicyclic) bond motifs is 3. The number of hydrogen-bond donors (Lipinski definition) is 3. The van der Waals surface area contributed by atoms with Crippen molar-refractivity contribution in [2.75, 3.05) is 18.9 Å². The molecule has 2 aromatic heterocycles. The van der Waals surface area contributed by atoms with Crippen molar-refractivity contribution in [2.24, 2.45) is 0 Å². The SMILES string of the molecule is Nc1ncnc2c1nc(Br)n2[C@@H]1O[C@@]2(CO)COC1C2O. The van der Waals surface area contributed by atoms with Crippen LogP contribution < -0.4 is 5.73 Å². The van der Waals surface area contributed by atoms with Gasteiger partial charge in [-0.05, 0) is 15.9 Å². The first-order valence-corrected chi connectivity index (χ1v) is 7.09. The average molecular weight is 358 g/mol. The van der Waals surface area contributed by atoms with Crippen LogP contribution in [0.5, 0.6) is 0 Å². The summed E-state index contributed by atoms with van der Waals surface area (Å²) in [6.07, 6.45) is -0.859. The summed E-state index contributed by atoms with van der Waals surface area (Å²) >= 11 is 3.33. The van der Waals surface area contributed by atoms with E-state index in [-0.39, 0.29) is 19.0 Å². The van der Waals surface area contributed by atoms with Crippen LogP contribution in [0.2, 0.25) is 0 Å². The molecular formula is C11H12BrN5O4. The van der Waals surface area contributed by atoms with Crippen LogP contribution in [0, 0.1) is 0 Å². The van der Waals surface area contributed by atoms with Gasteiger partial charge in [0, 0.05) is 0 Å². The molecule has 2 aliphatic rings. The maximum Gasteiger partial charge on any atom is 0.181 e. The largest absolute Gasteiger partial charge is 0.393 e. The summed E-state index contributed by atoms with van der Waals surface area (Å²) in [7, 11) is 0. The van der Waals surface area contributed by atoms with Crippen LogP contribution in [-0.2, 0) is 9.47 Å². The molecule has 0 aliphatic carbocycles. The Morgan fingerprint density at radius 1 is 1.52 bits per heavy atom. The van der Waals surface area contributed by atoms with Gasteiger partial charge in [-0.25, -0.2) is 15.0 Å². The van der Waals surface area contributed by atoms with Gasteiger partial charge in [0.05, 0.1) is 13.2 Å². The van der Waals surface area contributed by atoms with Crippen molar-refractivity contribution >= 4 is 32.9 Å². The first kappa shape index (κ1) is 13.3. The van der Waals surface area contributed by atoms with Crippen molar-refractivity contribution in [3.8, 4) is 0 Å². The summed E-state index contributed by atoms with van der Waals surface area (Å²) < 4.78 is 13.5. The van der Waals surface area contributed by atoms with Gasteiger partial charge in [0.1, 0.15) is 24.1 Å². The topological polar surface area (TPSA) is 129 Å². The number of hydrogen-bond acceptors (Lipinski definition) is 8. The zero-order chi connectivity index (χ0) is 14.8. The van der Waals surface area contributed by atoms with Gasteiger partial charge in [0.15, 0.2) is 27.9 Å². The number of nitrogen functional groups attached to an aromatic ring is 1. The second-order valence-electron chi connectivity index (χ2n) is 5.13. The van der Waals surface area contributed by atoms with E-state index in [1.807, 2.05) is 0 Å². The summed E-state index contributed by atoms with van der Waals surface area (Å²) in [5.41, 5.74) is 5.58. The third-order valence-corrected chi connectivity index (χ3v) is 4.55. The normalized spacial score (nSPS) is 34.9. The smallest absolute Gasteiger partial charge is 0.181 e. The number of imidazole rings is 1. The molecule has 10 heteroatoms. The highest BCUT2D eigenvalue weighted by Gasteiger charge is 2.62. The van der Waals surface area contributed by atoms with Gasteiger partial charge in [-0.1, -0.05) is 0 Å². The zero-order valence-corrected chi connectivity index (χ0v) is 12.3. The molecule has 0 aromatic carbocycles. The van der Waals surface area contributed by atoms with Crippen LogP contribution in [0.4, 0.5) is 5.82 Å². The molecule has 0 spiro atoms. The number of aromatic nitrogens is 4. The van der Waals surface area contributed by atoms with Crippen molar-refractivity contribution in [1.29, 1.82) is 0 Å². The Morgan fingerprint density at radius 2 is 2.33 bits per heavy atom. The van der Waals surface area contributed by atoms with E-state index < -0.39 is 24.0 Å². The monoisotopic (exact) mass is 357 g/mol. The van der Waals surface area contributed by atoms with Crippen molar-refractivity contribution in [2.45, 2.75) is 24.0 Å². The van der Waals surface area contributed by atoms with Gasteiger partial charge in [-0.15, -0.1) is 0 Å². The molecule has 0 saturated carbocycles. The van der Waals surface area contributed by atoms with Gasteiger partial charge >= 0.3 is 0 Å². The van der Waals surface area contributed by atoms with Crippen LogP contribution >= 0.6 is 15.9 Å². The highest BCUT2D eigenvalue weighted by molar-refractivity contribution is 9.10. The highest BCUT2D eigenvalue weighted by atomic mass is 79.9. The highest BCUT2D eigenvalue weighted by Crippen LogP contribution is 2.46. The maximum atomic E-state index is 10.2. The van der Waals surface area contributed by atoms with E-state index in [1.54, 1.807) is 4.57 Å². The Bertz CT molecular complexity index is 724. The van der Waals surface area contributed by atoms with E-state index in [0.29, 0.717) is 15.9 Å². The number of aliphatic hydroxyl groups is 2. The van der Waals surface area contributed by atoms with Gasteiger partial charge < -0.3 is 25.4 Å². The maximum absolute atomic E-state index is 10.2. The third kappa shape index (κ3) is 1.62. The van der Waals surface area contributed by atoms with Gasteiger partial charge in [-0.3, -0.25) is 4.57 Å². The van der Waals surface area contributed by atoms with E-state index in [0.717, 1.165) is 0 Å². The fourth-order valence-corrected chi connectivity index (χ4v) is 3.41. The van der Waals surface area contributed by atoms with Crippen molar-refractivity contribution in [3.05, 3.63) is 11.1 Å². The molecular weight excluding hydrogens is 346 g/mol. The van der Waals surface area contributed by atoms with Gasteiger partial charge in [-0.2, -0.15) is 0 Å². The van der Waals surface area contributed by atoms with E-state index in [9.17, 15) is 10.2 Å². The number of nitrogens with two attached hydrogens (primary N) is 1. The molecule has 4 N–H and O–H groups in total. The lowest BCUT2D eigenvalue weighted by molar-refractivity contribution is -0.186. The minimum Gasteiger partial charge on any atom is -0.393 e. The first-order valence-electron chi connectivity index (χ1n) is 6.29. The molecule has 2 saturated heterocycles. The summed E-state index contributed by atoms with van der Waals surface area (Å²) in [6, 6.07) is 0. The summed E-state index contributed by atoms with van der Waals surface area (Å²) in [5.74, 6) is 0.251. The van der Waals surface area contributed by atoms with E-state index in [1.165, 1.54) is 6.33 Å². The molecule has 4 rings (SSSR count). The minimum absolute atomic E-state index is 0.146. The number of halogens is 1. The van der Waals surface area contributed by atoms with Crippen LogP contribution in [-0.4, -0.2) is 60.8 Å². The number of anilines is 1. The molecule has 0 radical (unpaired) electrons. The number of rotatable bonds is 2. The van der Waals surface area contributed by atoms with Gasteiger partial charge in [0.25, 0.3) is 0 Å². The lowest BCUT2D eigenvalue weighted by atomic mass is 10.0. The zero-order valence-electron chi connectivity index (χ0n) is 10.7. The molecule has 4 atom stereocenters. The fourth-order valence-electron chi connectivity index (χ4n) is 2.86. The Hall–Kier alpha value is -1.33. The Labute approximate surface area is 126 Å². The number of aliphatic hydroxyl groups excluding tert-OH is 2. The molecule has 21 heavy (non-hydrogen) atoms. The molecule has 4 heterocycles. The Balaban J connectivity index is 1.86. The summed E-state index contributed by atoms with van der Waals surface area (Å²) in [6.45, 7) is -0.185. The second-order valence-corrected chi connectivity index (χ2v) is 5.84. The number of ether oxygens (including phenoxy) is 2. The molecule has 2 unspecified atom stereocenters. The van der Waals surface area contributed by atoms with Crippen molar-refractivity contribution in [1.82, 2.24) is 19.5 Å². The third-order valence-electron chi connectivity index (χ3n) is 3.99. The predicted molar refractivity (Wildman–Crippen MR) is 73.1 cm³/mol. The van der Waals surface area contributed by atoms with Crippen LogP contribution in [0.3, 0.4) is 0 Å². The average Bonchev–Trinajstić information content (AvgIpc) is 3.07. The van der Waals surface area contributed by atoms with Gasteiger partial charge in [0.2, 0.25) is 0 Å². The Kier molecular flexibility index (Phi) is 2.75. The molecule has 2 bridgehead atoms. The molecule has 9 nitrogen and oxygen atoms in total. The minimum atomic E-state index is -1.11. The summed E-state index contributed by atoms with van der Waals surface area (Å²) in [5, 5.41) is 19.8. The molecule has 112 valence electrons. The quantitative estimate of drug-likeness (QED) is 0.595. The first-order chi connectivity index (χ1) is 10.1. The van der Waals surface area contributed by atoms with Crippen LogP contribution in [0.25, 0.3) is 11.2 Å². The predicted octanol–water partition coefficient (Wildman–Crippen LogP) is -0.809. The van der Waals surface area contributed by atoms with Crippen molar-refractivity contribution in [3.63, 3.8) is 0 Å². The lowest BCUT2D eigenvalue weighted by Crippen LogP contribution is -2.44. The Morgan fingerprint density at radius 3 is 3.05 bits per heavy atom. The molecule has 2 aliphatic heterocycles. The molecule has 2 aromatic rings. The van der Waals surface area contributed by atoms with E-state index in [2.05, 4.69) is 30.9 Å². The second kappa shape index (κ2) is 4.34. The van der Waals surface area contributed by atoms with E-state index in [4.69, 9.17) is 15.2 Å². The standard InChI is InChI=1S/C11H12BrN5O4/c12-10-16-4-7(13)14-3-15-8(4)17(10)9-5-6(19)11(1-18,21-9)2-20-5/h3,5-6,9,18-19H,1-2H2,(H2,13,14,15)/t5?,6?,9-,11+/m1/s1. The number of nitrogens with zero attached hydrogens (tertiary/aromatic N) is 4. The van der Waals surface area contributed by atoms with Crippen LogP contribution in [0.15, 0.2) is 11.1 Å². The van der Waals surface area contributed by atoms with Crippen LogP contribution in [0.1, 0.15) is 6.23 Å². The lowest BCUT2D eigenvalue weighted by Gasteiger charge is -2.29. The fraction of sp³-hybridized carbons (Fsp3) is 0.545. The molecule has 0 amide bonds.